The quantitative estimate of drug-likeness (QED) is 0.911. The topological polar surface area (TPSA) is 38.3 Å². The van der Waals surface area contributed by atoms with E-state index in [0.29, 0.717) is 6.42 Å². The van der Waals surface area contributed by atoms with Crippen LogP contribution < -0.4 is 10.1 Å². The molecule has 2 aromatic carbocycles. The first-order valence-corrected chi connectivity index (χ1v) is 7.46. The van der Waals surface area contributed by atoms with Gasteiger partial charge in [0.2, 0.25) is 5.91 Å². The molecule has 0 fully saturated rings. The van der Waals surface area contributed by atoms with E-state index in [9.17, 15) is 4.79 Å². The summed E-state index contributed by atoms with van der Waals surface area (Å²) in [5.74, 6) is 0.797. The van der Waals surface area contributed by atoms with E-state index < -0.39 is 0 Å². The lowest BCUT2D eigenvalue weighted by molar-refractivity contribution is -0.115. The summed E-state index contributed by atoms with van der Waals surface area (Å²) >= 11 is 0. The summed E-state index contributed by atoms with van der Waals surface area (Å²) < 4.78 is 5.77. The lowest BCUT2D eigenvalue weighted by Crippen LogP contribution is -2.22. The molecular weight excluding hydrogens is 274 g/mol. The third-order valence-electron chi connectivity index (χ3n) is 3.01. The minimum atomic E-state index is -0.218. The Morgan fingerprint density at radius 3 is 2.36 bits per heavy atom. The van der Waals surface area contributed by atoms with Gasteiger partial charge in [-0.3, -0.25) is 4.79 Å². The van der Waals surface area contributed by atoms with E-state index >= 15 is 0 Å². The second kappa shape index (κ2) is 6.65. The van der Waals surface area contributed by atoms with Crippen LogP contribution in [-0.2, 0) is 11.2 Å². The number of amides is 1. The Kier molecular flexibility index (Phi) is 4.86. The van der Waals surface area contributed by atoms with Crippen molar-refractivity contribution in [3.8, 4) is 5.75 Å². The molecule has 1 amide bonds. The molecule has 0 heterocycles. The molecule has 2 aromatic rings. The van der Waals surface area contributed by atoms with Gasteiger partial charge in [-0.15, -0.1) is 0 Å². The van der Waals surface area contributed by atoms with Crippen molar-refractivity contribution in [2.24, 2.45) is 0 Å². The van der Waals surface area contributed by atoms with E-state index in [2.05, 4.69) is 5.32 Å². The lowest BCUT2D eigenvalue weighted by Gasteiger charge is -2.21. The molecule has 0 saturated carbocycles. The third kappa shape index (κ3) is 5.24. The predicted octanol–water partition coefficient (Wildman–Crippen LogP) is 4.35. The Morgan fingerprint density at radius 2 is 1.77 bits per heavy atom. The maximum absolute atomic E-state index is 12.1. The molecule has 0 bridgehead atoms. The molecule has 0 aliphatic rings. The molecule has 0 aromatic heterocycles. The van der Waals surface area contributed by atoms with Crippen molar-refractivity contribution in [2.45, 2.75) is 39.7 Å². The first-order chi connectivity index (χ1) is 10.3. The molecule has 0 unspecified atom stereocenters. The summed E-state index contributed by atoms with van der Waals surface area (Å²) in [7, 11) is 0. The Labute approximate surface area is 132 Å². The number of hydrogen-bond acceptors (Lipinski definition) is 2. The largest absolute Gasteiger partial charge is 0.488 e. The van der Waals surface area contributed by atoms with Gasteiger partial charge in [-0.2, -0.15) is 0 Å². The van der Waals surface area contributed by atoms with Gasteiger partial charge in [-0.05, 0) is 63.1 Å². The van der Waals surface area contributed by atoms with Crippen LogP contribution in [0.15, 0.2) is 48.5 Å². The zero-order chi connectivity index (χ0) is 16.2. The highest BCUT2D eigenvalue weighted by Crippen LogP contribution is 2.19. The number of ether oxygens (including phenoxy) is 1. The van der Waals surface area contributed by atoms with E-state index in [1.165, 1.54) is 0 Å². The number of carbonyl (C=O) groups is 1. The SMILES string of the molecule is Cc1cccc(NC(=O)Cc2ccc(OC(C)(C)C)cc2)c1. The zero-order valence-corrected chi connectivity index (χ0v) is 13.6. The van der Waals surface area contributed by atoms with Gasteiger partial charge in [0.25, 0.3) is 0 Å². The lowest BCUT2D eigenvalue weighted by atomic mass is 10.1. The Morgan fingerprint density at radius 1 is 1.09 bits per heavy atom. The fraction of sp³-hybridized carbons (Fsp3) is 0.316. The summed E-state index contributed by atoms with van der Waals surface area (Å²) in [6.45, 7) is 8.03. The second-order valence-corrected chi connectivity index (χ2v) is 6.45. The number of benzene rings is 2. The van der Waals surface area contributed by atoms with Gasteiger partial charge in [0.05, 0.1) is 6.42 Å². The molecule has 0 spiro atoms. The van der Waals surface area contributed by atoms with Crippen molar-refractivity contribution in [3.63, 3.8) is 0 Å². The summed E-state index contributed by atoms with van der Waals surface area (Å²) in [5.41, 5.74) is 2.70. The van der Waals surface area contributed by atoms with Crippen LogP contribution in [0.3, 0.4) is 0 Å². The summed E-state index contributed by atoms with van der Waals surface area (Å²) in [6.07, 6.45) is 0.351. The van der Waals surface area contributed by atoms with Crippen molar-refractivity contribution in [1.29, 1.82) is 0 Å². The summed E-state index contributed by atoms with van der Waals surface area (Å²) in [6, 6.07) is 15.4. The first kappa shape index (κ1) is 16.1. The summed E-state index contributed by atoms with van der Waals surface area (Å²) in [4.78, 5) is 12.1. The van der Waals surface area contributed by atoms with E-state index in [1.54, 1.807) is 0 Å². The molecule has 0 aliphatic heterocycles. The molecule has 0 radical (unpaired) electrons. The molecule has 116 valence electrons. The van der Waals surface area contributed by atoms with Gasteiger partial charge in [0.1, 0.15) is 11.4 Å². The molecule has 22 heavy (non-hydrogen) atoms. The van der Waals surface area contributed by atoms with Crippen molar-refractivity contribution in [2.75, 3.05) is 5.32 Å². The van der Waals surface area contributed by atoms with Gasteiger partial charge in [0.15, 0.2) is 0 Å². The number of anilines is 1. The molecule has 1 N–H and O–H groups in total. The van der Waals surface area contributed by atoms with E-state index in [4.69, 9.17) is 4.74 Å². The van der Waals surface area contributed by atoms with Crippen LogP contribution in [0.4, 0.5) is 5.69 Å². The normalized spacial score (nSPS) is 11.1. The Bertz CT molecular complexity index is 639. The van der Waals surface area contributed by atoms with Crippen LogP contribution >= 0.6 is 0 Å². The predicted molar refractivity (Wildman–Crippen MR) is 90.3 cm³/mol. The average Bonchev–Trinajstić information content (AvgIpc) is 2.39. The molecule has 0 saturated heterocycles. The number of hydrogen-bond donors (Lipinski definition) is 1. The number of rotatable bonds is 4. The minimum Gasteiger partial charge on any atom is -0.488 e. The van der Waals surface area contributed by atoms with Gasteiger partial charge < -0.3 is 10.1 Å². The van der Waals surface area contributed by atoms with Gasteiger partial charge in [-0.25, -0.2) is 0 Å². The van der Waals surface area contributed by atoms with Crippen molar-refractivity contribution in [1.82, 2.24) is 0 Å². The van der Waals surface area contributed by atoms with E-state index in [1.807, 2.05) is 76.2 Å². The van der Waals surface area contributed by atoms with Crippen molar-refractivity contribution in [3.05, 3.63) is 59.7 Å². The third-order valence-corrected chi connectivity index (χ3v) is 3.01. The van der Waals surface area contributed by atoms with E-state index in [0.717, 1.165) is 22.6 Å². The van der Waals surface area contributed by atoms with Gasteiger partial charge >= 0.3 is 0 Å². The van der Waals surface area contributed by atoms with Crippen LogP contribution in [-0.4, -0.2) is 11.5 Å². The van der Waals surface area contributed by atoms with E-state index in [-0.39, 0.29) is 11.5 Å². The summed E-state index contributed by atoms with van der Waals surface area (Å²) in [5, 5.41) is 2.91. The Hall–Kier alpha value is -2.29. The molecule has 3 nitrogen and oxygen atoms in total. The van der Waals surface area contributed by atoms with Crippen molar-refractivity contribution >= 4 is 11.6 Å². The standard InChI is InChI=1S/C19H23NO2/c1-14-6-5-7-16(12-14)20-18(21)13-15-8-10-17(11-9-15)22-19(2,3)4/h5-12H,13H2,1-4H3,(H,20,21). The van der Waals surface area contributed by atoms with Crippen LogP contribution in [0.1, 0.15) is 31.9 Å². The smallest absolute Gasteiger partial charge is 0.228 e. The average molecular weight is 297 g/mol. The first-order valence-electron chi connectivity index (χ1n) is 7.46. The number of nitrogens with one attached hydrogen (secondary N) is 1. The fourth-order valence-electron chi connectivity index (χ4n) is 2.14. The van der Waals surface area contributed by atoms with Crippen molar-refractivity contribution < 1.29 is 9.53 Å². The fourth-order valence-corrected chi connectivity index (χ4v) is 2.14. The highest BCUT2D eigenvalue weighted by Gasteiger charge is 2.11. The zero-order valence-electron chi connectivity index (χ0n) is 13.6. The second-order valence-electron chi connectivity index (χ2n) is 6.45. The Balaban J connectivity index is 1.94. The monoisotopic (exact) mass is 297 g/mol. The molecular formula is C19H23NO2. The maximum Gasteiger partial charge on any atom is 0.228 e. The van der Waals surface area contributed by atoms with Gasteiger partial charge in [0, 0.05) is 5.69 Å². The molecule has 0 atom stereocenters. The molecule has 3 heteroatoms. The van der Waals surface area contributed by atoms with Crippen LogP contribution in [0.5, 0.6) is 5.75 Å². The number of aryl methyl sites for hydroxylation is 1. The minimum absolute atomic E-state index is 0.0184. The maximum atomic E-state index is 12.1. The van der Waals surface area contributed by atoms with Crippen LogP contribution in [0, 0.1) is 6.92 Å². The highest BCUT2D eigenvalue weighted by molar-refractivity contribution is 5.92. The molecule has 0 aliphatic carbocycles. The number of carbonyl (C=O) groups excluding carboxylic acids is 1. The highest BCUT2D eigenvalue weighted by atomic mass is 16.5. The van der Waals surface area contributed by atoms with Crippen LogP contribution in [0.2, 0.25) is 0 Å². The van der Waals surface area contributed by atoms with Crippen LogP contribution in [0.25, 0.3) is 0 Å². The van der Waals surface area contributed by atoms with Gasteiger partial charge in [-0.1, -0.05) is 24.3 Å². The molecule has 2 rings (SSSR count).